The molecule has 0 atom stereocenters. The van der Waals surface area contributed by atoms with E-state index in [0.29, 0.717) is 22.0 Å². The first-order valence-corrected chi connectivity index (χ1v) is 10.7. The van der Waals surface area contributed by atoms with Crippen molar-refractivity contribution < 1.29 is 23.6 Å². The van der Waals surface area contributed by atoms with E-state index in [0.717, 1.165) is 23.4 Å². The maximum atomic E-state index is 13.3. The van der Waals surface area contributed by atoms with E-state index in [1.54, 1.807) is 36.4 Å². The normalized spacial score (nSPS) is 10.4. The summed E-state index contributed by atoms with van der Waals surface area (Å²) in [5, 5.41) is 11.5. The van der Waals surface area contributed by atoms with Gasteiger partial charge in [0.15, 0.2) is 0 Å². The van der Waals surface area contributed by atoms with E-state index in [2.05, 4.69) is 10.9 Å². The lowest BCUT2D eigenvalue weighted by Crippen LogP contribution is -2.42. The molecule has 3 aromatic carbocycles. The first-order chi connectivity index (χ1) is 15.9. The van der Waals surface area contributed by atoms with E-state index in [-0.39, 0.29) is 23.5 Å². The molecule has 0 fully saturated rings. The average Bonchev–Trinajstić information content (AvgIpc) is 2.81. The quantitative estimate of drug-likeness (QED) is 0.293. The van der Waals surface area contributed by atoms with Gasteiger partial charge in [0.25, 0.3) is 11.6 Å². The lowest BCUT2D eigenvalue weighted by atomic mass is 10.1. The zero-order valence-corrected chi connectivity index (χ0v) is 18.4. The minimum atomic E-state index is -0.692. The van der Waals surface area contributed by atoms with E-state index in [1.807, 2.05) is 0 Å². The monoisotopic (exact) mass is 469 g/mol. The third kappa shape index (κ3) is 6.78. The molecule has 2 N–H and O–H groups in total. The van der Waals surface area contributed by atoms with Crippen molar-refractivity contribution in [3.05, 3.63) is 99.4 Å². The Morgan fingerprint density at radius 1 is 1.03 bits per heavy atom. The number of carbonyl (C=O) groups excluding carboxylic acids is 2. The number of amides is 2. The number of carbonyl (C=O) groups is 2. The lowest BCUT2D eigenvalue weighted by Gasteiger charge is -2.09. The summed E-state index contributed by atoms with van der Waals surface area (Å²) in [6.45, 7) is 0. The Bertz CT molecular complexity index is 1170. The Morgan fingerprint density at radius 3 is 2.45 bits per heavy atom. The summed E-state index contributed by atoms with van der Waals surface area (Å²) in [7, 11) is 1.54. The molecule has 0 spiro atoms. The predicted octanol–water partition coefficient (Wildman–Crippen LogP) is 4.04. The van der Waals surface area contributed by atoms with Crippen molar-refractivity contribution in [3.63, 3.8) is 0 Å². The van der Waals surface area contributed by atoms with Crippen LogP contribution in [0.15, 0.2) is 71.6 Å². The number of hydrazine groups is 1. The van der Waals surface area contributed by atoms with Gasteiger partial charge in [-0.25, -0.2) is 4.39 Å². The molecule has 0 aliphatic heterocycles. The Morgan fingerprint density at radius 2 is 1.79 bits per heavy atom. The number of methoxy groups -OCH3 is 1. The molecule has 0 aliphatic carbocycles. The molecule has 10 heteroatoms. The van der Waals surface area contributed by atoms with Gasteiger partial charge < -0.3 is 4.74 Å². The van der Waals surface area contributed by atoms with Crippen LogP contribution >= 0.6 is 11.8 Å². The van der Waals surface area contributed by atoms with E-state index in [1.165, 1.54) is 31.4 Å². The van der Waals surface area contributed by atoms with Gasteiger partial charge in [0.2, 0.25) is 5.91 Å². The van der Waals surface area contributed by atoms with Crippen LogP contribution in [0, 0.1) is 15.9 Å². The van der Waals surface area contributed by atoms with Crippen LogP contribution in [-0.4, -0.2) is 23.8 Å². The molecule has 0 aromatic heterocycles. The van der Waals surface area contributed by atoms with Crippen LogP contribution in [-0.2, 0) is 17.0 Å². The number of halogens is 1. The number of nitro groups is 1. The third-order valence-corrected chi connectivity index (χ3v) is 5.67. The van der Waals surface area contributed by atoms with Crippen molar-refractivity contribution in [2.75, 3.05) is 7.11 Å². The van der Waals surface area contributed by atoms with Gasteiger partial charge in [-0.1, -0.05) is 24.3 Å². The standard InChI is InChI=1S/C23H20FN3O5S/c1-32-19-8-5-15(6-9-19)12-22(28)25-26-23(29)17-7-10-21(20(13-17)27(30)31)33-14-16-3-2-4-18(24)11-16/h2-11,13H,12,14H2,1H3,(H,25,28)(H,26,29). The number of hydrogen-bond donors (Lipinski definition) is 2. The second-order valence-electron chi connectivity index (χ2n) is 6.89. The lowest BCUT2D eigenvalue weighted by molar-refractivity contribution is -0.387. The number of nitrogens with zero attached hydrogens (tertiary/aromatic N) is 1. The summed E-state index contributed by atoms with van der Waals surface area (Å²) >= 11 is 1.16. The molecular formula is C23H20FN3O5S. The molecule has 170 valence electrons. The van der Waals surface area contributed by atoms with E-state index in [4.69, 9.17) is 4.74 Å². The number of rotatable bonds is 8. The molecule has 0 bridgehead atoms. The Labute approximate surface area is 193 Å². The first kappa shape index (κ1) is 23.7. The van der Waals surface area contributed by atoms with Crippen LogP contribution in [0.1, 0.15) is 21.5 Å². The topological polar surface area (TPSA) is 111 Å². The van der Waals surface area contributed by atoms with Crippen LogP contribution < -0.4 is 15.6 Å². The number of benzene rings is 3. The molecule has 0 radical (unpaired) electrons. The van der Waals surface area contributed by atoms with Gasteiger partial charge in [-0.05, 0) is 47.5 Å². The zero-order valence-electron chi connectivity index (χ0n) is 17.5. The third-order valence-electron chi connectivity index (χ3n) is 4.54. The average molecular weight is 469 g/mol. The maximum absolute atomic E-state index is 13.3. The smallest absolute Gasteiger partial charge is 0.283 e. The van der Waals surface area contributed by atoms with Crippen molar-refractivity contribution >= 4 is 29.3 Å². The minimum Gasteiger partial charge on any atom is -0.497 e. The predicted molar refractivity (Wildman–Crippen MR) is 121 cm³/mol. The molecule has 0 saturated carbocycles. The van der Waals surface area contributed by atoms with Gasteiger partial charge in [-0.3, -0.25) is 30.6 Å². The van der Waals surface area contributed by atoms with Crippen molar-refractivity contribution in [2.24, 2.45) is 0 Å². The summed E-state index contributed by atoms with van der Waals surface area (Å²) in [4.78, 5) is 35.7. The summed E-state index contributed by atoms with van der Waals surface area (Å²) in [6.07, 6.45) is 0.0279. The second kappa shape index (κ2) is 11.1. The van der Waals surface area contributed by atoms with Gasteiger partial charge in [-0.15, -0.1) is 11.8 Å². The first-order valence-electron chi connectivity index (χ1n) is 9.73. The van der Waals surface area contributed by atoms with Gasteiger partial charge in [0, 0.05) is 17.4 Å². The Balaban J connectivity index is 1.60. The molecule has 3 aromatic rings. The largest absolute Gasteiger partial charge is 0.497 e. The molecule has 0 heterocycles. The summed E-state index contributed by atoms with van der Waals surface area (Å²) in [5.41, 5.74) is 5.71. The summed E-state index contributed by atoms with van der Waals surface area (Å²) < 4.78 is 18.4. The summed E-state index contributed by atoms with van der Waals surface area (Å²) in [6, 6.07) is 16.9. The Hall–Kier alpha value is -3.92. The molecule has 0 aliphatic rings. The SMILES string of the molecule is COc1ccc(CC(=O)NNC(=O)c2ccc(SCc3cccc(F)c3)c([N+](=O)[O-])c2)cc1. The van der Waals surface area contributed by atoms with Crippen LogP contribution in [0.4, 0.5) is 10.1 Å². The molecular weight excluding hydrogens is 449 g/mol. The maximum Gasteiger partial charge on any atom is 0.283 e. The van der Waals surface area contributed by atoms with Crippen molar-refractivity contribution in [1.82, 2.24) is 10.9 Å². The number of nitrogens with one attached hydrogen (secondary N) is 2. The Kier molecular flexibility index (Phi) is 7.98. The number of hydrogen-bond acceptors (Lipinski definition) is 6. The van der Waals surface area contributed by atoms with Gasteiger partial charge in [-0.2, -0.15) is 0 Å². The highest BCUT2D eigenvalue weighted by Gasteiger charge is 2.18. The van der Waals surface area contributed by atoms with Crippen LogP contribution in [0.3, 0.4) is 0 Å². The number of thioether (sulfide) groups is 1. The highest BCUT2D eigenvalue weighted by molar-refractivity contribution is 7.98. The van der Waals surface area contributed by atoms with Gasteiger partial charge in [0.05, 0.1) is 23.3 Å². The fraction of sp³-hybridized carbons (Fsp3) is 0.130. The van der Waals surface area contributed by atoms with Gasteiger partial charge >= 0.3 is 0 Å². The van der Waals surface area contributed by atoms with Crippen molar-refractivity contribution in [3.8, 4) is 5.75 Å². The fourth-order valence-corrected chi connectivity index (χ4v) is 3.83. The highest BCUT2D eigenvalue weighted by Crippen LogP contribution is 2.32. The van der Waals surface area contributed by atoms with Crippen LogP contribution in [0.25, 0.3) is 0 Å². The summed E-state index contributed by atoms with van der Waals surface area (Å²) in [5.74, 6) is -0.547. The number of ether oxygens (including phenoxy) is 1. The van der Waals surface area contributed by atoms with Crippen molar-refractivity contribution in [1.29, 1.82) is 0 Å². The van der Waals surface area contributed by atoms with Gasteiger partial charge in [0.1, 0.15) is 11.6 Å². The minimum absolute atomic E-state index is 0.0153. The molecule has 3 rings (SSSR count). The molecule has 33 heavy (non-hydrogen) atoms. The van der Waals surface area contributed by atoms with E-state index < -0.39 is 16.7 Å². The zero-order chi connectivity index (χ0) is 23.8. The fourth-order valence-electron chi connectivity index (χ4n) is 2.88. The van der Waals surface area contributed by atoms with E-state index >= 15 is 0 Å². The molecule has 0 saturated heterocycles. The van der Waals surface area contributed by atoms with Crippen LogP contribution in [0.5, 0.6) is 5.75 Å². The van der Waals surface area contributed by atoms with Crippen LogP contribution in [0.2, 0.25) is 0 Å². The molecule has 0 unspecified atom stereocenters. The molecule has 2 amide bonds. The molecule has 8 nitrogen and oxygen atoms in total. The number of nitro benzene ring substituents is 1. The van der Waals surface area contributed by atoms with E-state index in [9.17, 15) is 24.1 Å². The van der Waals surface area contributed by atoms with Crippen molar-refractivity contribution in [2.45, 2.75) is 17.1 Å². The second-order valence-corrected chi connectivity index (χ2v) is 7.90. The highest BCUT2D eigenvalue weighted by atomic mass is 32.2.